The molecular formula is C21H24Cl2FN5. The van der Waals surface area contributed by atoms with Gasteiger partial charge >= 0.3 is 0 Å². The molecule has 0 aromatic carbocycles. The highest BCUT2D eigenvalue weighted by molar-refractivity contribution is 5.85. The van der Waals surface area contributed by atoms with Crippen LogP contribution in [0.25, 0.3) is 11.8 Å². The molecule has 1 saturated carbocycles. The Labute approximate surface area is 181 Å². The van der Waals surface area contributed by atoms with Crippen LogP contribution >= 0.6 is 24.8 Å². The first-order chi connectivity index (χ1) is 13.3. The van der Waals surface area contributed by atoms with Crippen LogP contribution < -0.4 is 16.0 Å². The molecule has 0 atom stereocenters. The molecule has 2 aromatic rings. The number of azo groups is 1. The van der Waals surface area contributed by atoms with E-state index in [9.17, 15) is 4.39 Å². The minimum absolute atomic E-state index is 0. The third kappa shape index (κ3) is 4.09. The first kappa shape index (κ1) is 21.5. The summed E-state index contributed by atoms with van der Waals surface area (Å²) in [6.45, 7) is 1.45. The summed E-state index contributed by atoms with van der Waals surface area (Å²) in [5.74, 6) is 0.681. The van der Waals surface area contributed by atoms with E-state index in [-0.39, 0.29) is 30.6 Å². The van der Waals surface area contributed by atoms with E-state index in [1.54, 1.807) is 0 Å². The van der Waals surface area contributed by atoms with Gasteiger partial charge in [-0.1, -0.05) is 12.2 Å². The number of H-pyrrole nitrogens is 1. The zero-order valence-corrected chi connectivity index (χ0v) is 17.5. The number of allylic oxidation sites excluding steroid dienone is 1. The van der Waals surface area contributed by atoms with E-state index in [2.05, 4.69) is 37.7 Å². The van der Waals surface area contributed by atoms with E-state index < -0.39 is 0 Å². The van der Waals surface area contributed by atoms with Crippen LogP contribution in [0.1, 0.15) is 42.9 Å². The molecule has 0 unspecified atom stereocenters. The number of aromatic nitrogens is 2. The summed E-state index contributed by atoms with van der Waals surface area (Å²) in [5, 5.41) is 14.0. The van der Waals surface area contributed by atoms with Crippen molar-refractivity contribution in [2.24, 2.45) is 16.1 Å². The van der Waals surface area contributed by atoms with Crippen molar-refractivity contribution in [1.29, 1.82) is 0 Å². The first-order valence-corrected chi connectivity index (χ1v) is 9.63. The summed E-state index contributed by atoms with van der Waals surface area (Å²) in [7, 11) is 0. The molecule has 2 aromatic heterocycles. The lowest BCUT2D eigenvalue weighted by Gasteiger charge is -2.29. The van der Waals surface area contributed by atoms with Gasteiger partial charge in [-0.25, -0.2) is 4.39 Å². The highest BCUT2D eigenvalue weighted by Crippen LogP contribution is 2.39. The summed E-state index contributed by atoms with van der Waals surface area (Å²) in [4.78, 5) is 7.87. The SMILES string of the molecule is Cl.Cl.Fc1ccc(C2CCC(C3=c4[nH]c5c(c4NCC=C3)CN=NC=5)CC2)nc1. The molecule has 5 rings (SSSR count). The van der Waals surface area contributed by atoms with Gasteiger partial charge in [-0.2, -0.15) is 10.2 Å². The Morgan fingerprint density at radius 2 is 1.83 bits per heavy atom. The molecule has 0 radical (unpaired) electrons. The molecule has 0 saturated heterocycles. The summed E-state index contributed by atoms with van der Waals surface area (Å²) in [6.07, 6.45) is 12.0. The number of hydrogen-bond acceptors (Lipinski definition) is 4. The lowest BCUT2D eigenvalue weighted by atomic mass is 9.77. The smallest absolute Gasteiger partial charge is 0.141 e. The number of aromatic amines is 1. The number of nitrogens with one attached hydrogen (secondary N) is 2. The molecule has 29 heavy (non-hydrogen) atoms. The largest absolute Gasteiger partial charge is 0.380 e. The van der Waals surface area contributed by atoms with E-state index in [1.165, 1.54) is 34.4 Å². The van der Waals surface area contributed by atoms with Gasteiger partial charge in [0.05, 0.1) is 35.3 Å². The van der Waals surface area contributed by atoms with Crippen molar-refractivity contribution in [1.82, 2.24) is 9.97 Å². The maximum Gasteiger partial charge on any atom is 0.141 e. The van der Waals surface area contributed by atoms with Gasteiger partial charge in [-0.05, 0) is 49.3 Å². The molecule has 8 heteroatoms. The molecule has 5 nitrogen and oxygen atoms in total. The van der Waals surface area contributed by atoms with Crippen LogP contribution in [0.4, 0.5) is 10.1 Å². The zero-order chi connectivity index (χ0) is 18.2. The topological polar surface area (TPSA) is 65.4 Å². The van der Waals surface area contributed by atoms with E-state index >= 15 is 0 Å². The molecule has 3 aliphatic rings. The number of hydrogen-bond donors (Lipinski definition) is 2. The predicted octanol–water partition coefficient (Wildman–Crippen LogP) is 4.20. The number of halogens is 3. The van der Waals surface area contributed by atoms with Gasteiger partial charge in [0.25, 0.3) is 0 Å². The number of fused-ring (bicyclic) bond motifs is 3. The molecule has 4 heterocycles. The fourth-order valence-electron chi connectivity index (χ4n) is 4.55. The Morgan fingerprint density at radius 3 is 2.59 bits per heavy atom. The molecule has 1 fully saturated rings. The number of pyridine rings is 1. The maximum atomic E-state index is 13.1. The van der Waals surface area contributed by atoms with Gasteiger partial charge in [0.15, 0.2) is 0 Å². The Kier molecular flexibility index (Phi) is 6.75. The van der Waals surface area contributed by atoms with E-state index in [1.807, 2.05) is 12.3 Å². The summed E-state index contributed by atoms with van der Waals surface area (Å²) >= 11 is 0. The van der Waals surface area contributed by atoms with Crippen LogP contribution in [-0.4, -0.2) is 16.5 Å². The van der Waals surface area contributed by atoms with Crippen LogP contribution in [0.3, 0.4) is 0 Å². The van der Waals surface area contributed by atoms with Crippen LogP contribution in [-0.2, 0) is 6.54 Å². The fraction of sp³-hybridized carbons (Fsp3) is 0.381. The number of rotatable bonds is 2. The van der Waals surface area contributed by atoms with Crippen molar-refractivity contribution < 1.29 is 4.39 Å². The van der Waals surface area contributed by atoms with Gasteiger partial charge in [0.2, 0.25) is 0 Å². The van der Waals surface area contributed by atoms with Crippen LogP contribution in [0, 0.1) is 11.7 Å². The van der Waals surface area contributed by atoms with Gasteiger partial charge in [-0.3, -0.25) is 4.98 Å². The van der Waals surface area contributed by atoms with Crippen molar-refractivity contribution in [3.63, 3.8) is 0 Å². The van der Waals surface area contributed by atoms with Gasteiger partial charge < -0.3 is 10.3 Å². The van der Waals surface area contributed by atoms with Crippen molar-refractivity contribution in [3.8, 4) is 0 Å². The predicted molar refractivity (Wildman–Crippen MR) is 117 cm³/mol. The Morgan fingerprint density at radius 1 is 1.03 bits per heavy atom. The second kappa shape index (κ2) is 9.09. The van der Waals surface area contributed by atoms with Gasteiger partial charge in [0, 0.05) is 23.7 Å². The van der Waals surface area contributed by atoms with Crippen molar-refractivity contribution in [3.05, 3.63) is 58.3 Å². The average molecular weight is 436 g/mol. The molecule has 1 aliphatic carbocycles. The minimum Gasteiger partial charge on any atom is -0.380 e. The zero-order valence-electron chi connectivity index (χ0n) is 15.9. The van der Waals surface area contributed by atoms with Crippen LogP contribution in [0.15, 0.2) is 40.7 Å². The lowest BCUT2D eigenvalue weighted by molar-refractivity contribution is 0.378. The normalized spacial score (nSPS) is 22.2. The standard InChI is InChI=1S/C21H22FN5.2ClH/c22-15-7-8-18(24-10-15)14-5-3-13(4-6-14)16-2-1-9-23-20-17-11-25-26-12-19(17)27-21(16)20;;/h1-2,7-8,10,12-14,23,27H,3-6,9,11H2;2*1H. The van der Waals surface area contributed by atoms with Gasteiger partial charge in [0.1, 0.15) is 5.82 Å². The van der Waals surface area contributed by atoms with Crippen molar-refractivity contribution >= 4 is 42.3 Å². The molecule has 0 bridgehead atoms. The lowest BCUT2D eigenvalue weighted by Crippen LogP contribution is -2.22. The molecule has 2 aliphatic heterocycles. The molecular weight excluding hydrogens is 412 g/mol. The molecule has 0 spiro atoms. The summed E-state index contributed by atoms with van der Waals surface area (Å²) in [5.41, 5.74) is 4.79. The average Bonchev–Trinajstić information content (AvgIpc) is 2.94. The third-order valence-corrected chi connectivity index (χ3v) is 5.95. The number of nitrogens with zero attached hydrogens (tertiary/aromatic N) is 3. The van der Waals surface area contributed by atoms with Crippen molar-refractivity contribution in [2.75, 3.05) is 11.9 Å². The Hall–Kier alpha value is -2.18. The highest BCUT2D eigenvalue weighted by Gasteiger charge is 2.27. The third-order valence-electron chi connectivity index (χ3n) is 5.95. The molecule has 2 N–H and O–H groups in total. The van der Waals surface area contributed by atoms with E-state index in [0.29, 0.717) is 18.4 Å². The van der Waals surface area contributed by atoms with Crippen molar-refractivity contribution in [2.45, 2.75) is 38.1 Å². The summed E-state index contributed by atoms with van der Waals surface area (Å²) in [6, 6.07) is 3.36. The molecule has 154 valence electrons. The van der Waals surface area contributed by atoms with E-state index in [4.69, 9.17) is 0 Å². The quantitative estimate of drug-likeness (QED) is 0.741. The Balaban J connectivity index is 0.00000120. The summed E-state index contributed by atoms with van der Waals surface area (Å²) < 4.78 is 13.1. The fourth-order valence-corrected chi connectivity index (χ4v) is 4.55. The monoisotopic (exact) mass is 435 g/mol. The first-order valence-electron chi connectivity index (χ1n) is 9.63. The number of anilines is 1. The highest BCUT2D eigenvalue weighted by atomic mass is 35.5. The van der Waals surface area contributed by atoms with Gasteiger partial charge in [-0.15, -0.1) is 24.8 Å². The molecule has 0 amide bonds. The van der Waals surface area contributed by atoms with Crippen LogP contribution in [0.2, 0.25) is 0 Å². The van der Waals surface area contributed by atoms with Crippen LogP contribution in [0.5, 0.6) is 0 Å². The maximum absolute atomic E-state index is 13.1. The second-order valence-corrected chi connectivity index (χ2v) is 7.50. The minimum atomic E-state index is -0.266. The van der Waals surface area contributed by atoms with E-state index in [0.717, 1.165) is 43.3 Å². The Bertz CT molecular complexity index is 1030. The second-order valence-electron chi connectivity index (χ2n) is 7.50.